The third-order valence-corrected chi connectivity index (χ3v) is 5.82. The number of aromatic amines is 1. The molecule has 2 aromatic carbocycles. The fourth-order valence-corrected chi connectivity index (χ4v) is 4.08. The van der Waals surface area contributed by atoms with E-state index in [2.05, 4.69) is 16.3 Å². The smallest absolute Gasteiger partial charge is 0.224 e. The number of ether oxygens (including phenoxy) is 2. The van der Waals surface area contributed by atoms with Gasteiger partial charge in [-0.3, -0.25) is 14.5 Å². The van der Waals surface area contributed by atoms with Crippen molar-refractivity contribution < 1.29 is 14.3 Å². The molecule has 1 amide bonds. The predicted octanol–water partition coefficient (Wildman–Crippen LogP) is 3.99. The third kappa shape index (κ3) is 4.64. The zero-order chi connectivity index (χ0) is 21.8. The van der Waals surface area contributed by atoms with Gasteiger partial charge in [-0.2, -0.15) is 5.10 Å². The summed E-state index contributed by atoms with van der Waals surface area (Å²) >= 11 is 5.40. The van der Waals surface area contributed by atoms with Gasteiger partial charge < -0.3 is 14.4 Å². The van der Waals surface area contributed by atoms with Crippen molar-refractivity contribution in [2.24, 2.45) is 0 Å². The van der Waals surface area contributed by atoms with Gasteiger partial charge in [0.05, 0.1) is 13.7 Å². The van der Waals surface area contributed by atoms with Crippen molar-refractivity contribution in [3.05, 3.63) is 58.4 Å². The number of rotatable bonds is 7. The van der Waals surface area contributed by atoms with Gasteiger partial charge in [-0.05, 0) is 73.1 Å². The van der Waals surface area contributed by atoms with Gasteiger partial charge in [0.25, 0.3) is 0 Å². The first-order valence-corrected chi connectivity index (χ1v) is 10.8. The van der Waals surface area contributed by atoms with Gasteiger partial charge in [-0.1, -0.05) is 6.07 Å². The number of hydrogen-bond donors (Lipinski definition) is 1. The fraction of sp³-hybridized carbons (Fsp3) is 0.348. The molecular weight excluding hydrogens is 412 g/mol. The fourth-order valence-electron chi connectivity index (χ4n) is 3.85. The molecule has 8 heteroatoms. The number of nitrogens with one attached hydrogen (secondary N) is 1. The maximum absolute atomic E-state index is 13.0. The second-order valence-corrected chi connectivity index (χ2v) is 7.80. The highest BCUT2D eigenvalue weighted by Crippen LogP contribution is 2.25. The van der Waals surface area contributed by atoms with Crippen LogP contribution in [0.25, 0.3) is 11.4 Å². The minimum atomic E-state index is 0.108. The predicted molar refractivity (Wildman–Crippen MR) is 121 cm³/mol. The van der Waals surface area contributed by atoms with Crippen LogP contribution in [-0.4, -0.2) is 45.8 Å². The number of fused-ring (bicyclic) bond motifs is 1. The Balaban J connectivity index is 1.44. The normalized spacial score (nSPS) is 13.0. The lowest BCUT2D eigenvalue weighted by Gasteiger charge is -2.29. The summed E-state index contributed by atoms with van der Waals surface area (Å²) in [6.45, 7) is 4.40. The molecule has 1 N–H and O–H groups in total. The number of carbonyl (C=O) groups excluding carboxylic acids is 1. The Morgan fingerprint density at radius 3 is 2.68 bits per heavy atom. The van der Waals surface area contributed by atoms with E-state index in [9.17, 15) is 4.79 Å². The molecule has 0 radical (unpaired) electrons. The zero-order valence-electron chi connectivity index (χ0n) is 17.8. The average Bonchev–Trinajstić information content (AvgIpc) is 3.17. The summed E-state index contributed by atoms with van der Waals surface area (Å²) in [5.74, 6) is 2.45. The summed E-state index contributed by atoms with van der Waals surface area (Å²) in [6.07, 6.45) is 1.22. The molecule has 0 fully saturated rings. The Labute approximate surface area is 186 Å². The number of hydrogen-bond acceptors (Lipinski definition) is 5. The number of aromatic nitrogens is 3. The van der Waals surface area contributed by atoms with Gasteiger partial charge >= 0.3 is 0 Å². The molecule has 3 aromatic rings. The zero-order valence-corrected chi connectivity index (χ0v) is 18.6. The van der Waals surface area contributed by atoms with E-state index in [0.29, 0.717) is 36.7 Å². The summed E-state index contributed by atoms with van der Waals surface area (Å²) < 4.78 is 13.2. The van der Waals surface area contributed by atoms with Gasteiger partial charge in [0.2, 0.25) is 5.91 Å². The summed E-state index contributed by atoms with van der Waals surface area (Å²) in [5.41, 5.74) is 3.35. The lowest BCUT2D eigenvalue weighted by Crippen LogP contribution is -2.36. The standard InChI is InChI=1S/C23H26N4O3S/c1-3-30-20-9-4-16-10-12-26(15-18(16)14-20)21(28)11-13-27-22(24-25-23(27)31)17-5-7-19(29-2)8-6-17/h4-9,14H,3,10-13,15H2,1-2H3,(H,25,31). The molecule has 0 atom stereocenters. The van der Waals surface area contributed by atoms with Crippen LogP contribution in [0.5, 0.6) is 11.5 Å². The first-order valence-electron chi connectivity index (χ1n) is 10.4. The van der Waals surface area contributed by atoms with Crippen molar-refractivity contribution in [2.45, 2.75) is 32.9 Å². The highest BCUT2D eigenvalue weighted by Gasteiger charge is 2.21. The van der Waals surface area contributed by atoms with Gasteiger partial charge in [-0.15, -0.1) is 0 Å². The Bertz CT molecular complexity index is 1120. The highest BCUT2D eigenvalue weighted by atomic mass is 32.1. The molecule has 0 spiro atoms. The number of nitrogens with zero attached hydrogens (tertiary/aromatic N) is 3. The molecule has 7 nitrogen and oxygen atoms in total. The molecule has 1 aromatic heterocycles. The molecule has 1 aliphatic rings. The monoisotopic (exact) mass is 438 g/mol. The van der Waals surface area contributed by atoms with Gasteiger partial charge in [0.1, 0.15) is 11.5 Å². The molecule has 31 heavy (non-hydrogen) atoms. The Morgan fingerprint density at radius 2 is 1.94 bits per heavy atom. The van der Waals surface area contributed by atoms with Gasteiger partial charge in [-0.25, -0.2) is 0 Å². The molecule has 162 valence electrons. The van der Waals surface area contributed by atoms with E-state index >= 15 is 0 Å². The topological polar surface area (TPSA) is 72.4 Å². The molecule has 0 unspecified atom stereocenters. The number of methoxy groups -OCH3 is 1. The van der Waals surface area contributed by atoms with Crippen LogP contribution in [0.2, 0.25) is 0 Å². The van der Waals surface area contributed by atoms with Gasteiger partial charge in [0, 0.05) is 31.6 Å². The quantitative estimate of drug-likeness (QED) is 0.565. The lowest BCUT2D eigenvalue weighted by molar-refractivity contribution is -0.132. The maximum Gasteiger partial charge on any atom is 0.224 e. The minimum absolute atomic E-state index is 0.108. The highest BCUT2D eigenvalue weighted by molar-refractivity contribution is 7.71. The van der Waals surface area contributed by atoms with E-state index in [-0.39, 0.29) is 5.91 Å². The van der Waals surface area contributed by atoms with E-state index in [1.165, 1.54) is 5.56 Å². The van der Waals surface area contributed by atoms with Crippen LogP contribution in [0.4, 0.5) is 0 Å². The third-order valence-electron chi connectivity index (χ3n) is 5.51. The van der Waals surface area contributed by atoms with E-state index < -0.39 is 0 Å². The van der Waals surface area contributed by atoms with Crippen LogP contribution in [0.3, 0.4) is 0 Å². The first kappa shape index (κ1) is 21.1. The number of benzene rings is 2. The van der Waals surface area contributed by atoms with Crippen LogP contribution in [0.15, 0.2) is 42.5 Å². The molecule has 0 saturated carbocycles. The first-order chi connectivity index (χ1) is 15.1. The van der Waals surface area contributed by atoms with Crippen molar-refractivity contribution in [1.29, 1.82) is 0 Å². The van der Waals surface area contributed by atoms with Crippen molar-refractivity contribution in [3.8, 4) is 22.9 Å². The number of H-pyrrole nitrogens is 1. The van der Waals surface area contributed by atoms with E-state index in [0.717, 1.165) is 35.6 Å². The number of amides is 1. The van der Waals surface area contributed by atoms with E-state index in [4.69, 9.17) is 21.7 Å². The SMILES string of the molecule is CCOc1ccc2c(c1)CN(C(=O)CCn1c(-c3ccc(OC)cc3)n[nH]c1=S)CC2. The molecule has 2 heterocycles. The average molecular weight is 439 g/mol. The second-order valence-electron chi connectivity index (χ2n) is 7.41. The van der Waals surface area contributed by atoms with Crippen molar-refractivity contribution in [2.75, 3.05) is 20.3 Å². The van der Waals surface area contributed by atoms with Crippen LogP contribution in [0.1, 0.15) is 24.5 Å². The molecule has 0 aliphatic carbocycles. The summed E-state index contributed by atoms with van der Waals surface area (Å²) in [7, 11) is 1.63. The van der Waals surface area contributed by atoms with Crippen LogP contribution < -0.4 is 9.47 Å². The second kappa shape index (κ2) is 9.34. The minimum Gasteiger partial charge on any atom is -0.497 e. The van der Waals surface area contributed by atoms with Crippen LogP contribution in [-0.2, 0) is 24.3 Å². The molecule has 1 aliphatic heterocycles. The van der Waals surface area contributed by atoms with Gasteiger partial charge in [0.15, 0.2) is 10.6 Å². The van der Waals surface area contributed by atoms with Crippen molar-refractivity contribution in [3.63, 3.8) is 0 Å². The van der Waals surface area contributed by atoms with Crippen LogP contribution in [0, 0.1) is 4.77 Å². The Morgan fingerprint density at radius 1 is 1.16 bits per heavy atom. The van der Waals surface area contributed by atoms with Crippen molar-refractivity contribution in [1.82, 2.24) is 19.7 Å². The molecule has 0 saturated heterocycles. The Kier molecular flexibility index (Phi) is 6.36. The molecule has 4 rings (SSSR count). The largest absolute Gasteiger partial charge is 0.497 e. The maximum atomic E-state index is 13.0. The lowest BCUT2D eigenvalue weighted by atomic mass is 9.99. The van der Waals surface area contributed by atoms with Crippen molar-refractivity contribution >= 4 is 18.1 Å². The van der Waals surface area contributed by atoms with E-state index in [1.54, 1.807) is 7.11 Å². The summed E-state index contributed by atoms with van der Waals surface area (Å²) in [6, 6.07) is 13.8. The molecule has 0 bridgehead atoms. The van der Waals surface area contributed by atoms with Crippen LogP contribution >= 0.6 is 12.2 Å². The van der Waals surface area contributed by atoms with E-state index in [1.807, 2.05) is 52.8 Å². The summed E-state index contributed by atoms with van der Waals surface area (Å²) in [4.78, 5) is 14.9. The Hall–Kier alpha value is -3.13. The number of carbonyl (C=O) groups is 1. The summed E-state index contributed by atoms with van der Waals surface area (Å²) in [5, 5.41) is 7.20. The molecular formula is C23H26N4O3S.